The number of halogens is 2. The molecule has 4 heteroatoms. The molecule has 0 aliphatic heterocycles. The summed E-state index contributed by atoms with van der Waals surface area (Å²) in [5.41, 5.74) is 0.497. The maximum absolute atomic E-state index is 12.0. The summed E-state index contributed by atoms with van der Waals surface area (Å²) in [6.45, 7) is 0.725. The van der Waals surface area contributed by atoms with Gasteiger partial charge in [-0.3, -0.25) is 4.79 Å². The fraction of sp³-hybridized carbons (Fsp3) is 0.562. The van der Waals surface area contributed by atoms with E-state index in [2.05, 4.69) is 5.32 Å². The molecule has 1 fully saturated rings. The molecule has 0 aromatic heterocycles. The zero-order valence-corrected chi connectivity index (χ0v) is 13.1. The van der Waals surface area contributed by atoms with Gasteiger partial charge in [-0.25, -0.2) is 0 Å². The minimum Gasteiger partial charge on any atom is -0.352 e. The number of hydrogen-bond acceptors (Lipinski definition) is 1. The maximum Gasteiger partial charge on any atom is 0.252 e. The van der Waals surface area contributed by atoms with Gasteiger partial charge < -0.3 is 5.32 Å². The number of rotatable bonds is 4. The van der Waals surface area contributed by atoms with E-state index in [9.17, 15) is 4.79 Å². The van der Waals surface area contributed by atoms with Crippen LogP contribution in [-0.4, -0.2) is 12.5 Å². The molecule has 0 saturated heterocycles. The molecule has 1 aliphatic rings. The lowest BCUT2D eigenvalue weighted by Gasteiger charge is -2.14. The molecule has 2 rings (SSSR count). The van der Waals surface area contributed by atoms with Gasteiger partial charge in [0, 0.05) is 11.6 Å². The number of carbonyl (C=O) groups is 1. The van der Waals surface area contributed by atoms with Gasteiger partial charge in [0.1, 0.15) is 0 Å². The predicted molar refractivity (Wildman–Crippen MR) is 84.6 cm³/mol. The molecule has 0 atom stereocenters. The molecule has 2 nitrogen and oxygen atoms in total. The molecule has 0 heterocycles. The van der Waals surface area contributed by atoms with Crippen molar-refractivity contribution in [3.63, 3.8) is 0 Å². The molecule has 0 unspecified atom stereocenters. The zero-order valence-electron chi connectivity index (χ0n) is 11.6. The number of benzene rings is 1. The quantitative estimate of drug-likeness (QED) is 0.771. The van der Waals surface area contributed by atoms with Gasteiger partial charge in [0.15, 0.2) is 0 Å². The van der Waals surface area contributed by atoms with Crippen molar-refractivity contribution in [1.82, 2.24) is 5.32 Å². The fourth-order valence-electron chi connectivity index (χ4n) is 2.81. The topological polar surface area (TPSA) is 29.1 Å². The van der Waals surface area contributed by atoms with Gasteiger partial charge in [-0.2, -0.15) is 0 Å². The van der Waals surface area contributed by atoms with Crippen LogP contribution in [0.4, 0.5) is 0 Å². The van der Waals surface area contributed by atoms with Crippen molar-refractivity contribution < 1.29 is 4.79 Å². The van der Waals surface area contributed by atoms with Gasteiger partial charge in [-0.05, 0) is 30.5 Å². The summed E-state index contributed by atoms with van der Waals surface area (Å²) < 4.78 is 0. The highest BCUT2D eigenvalue weighted by atomic mass is 35.5. The summed E-state index contributed by atoms with van der Waals surface area (Å²) in [6, 6.07) is 4.96. The van der Waals surface area contributed by atoms with E-state index in [1.54, 1.807) is 18.2 Å². The van der Waals surface area contributed by atoms with Crippen LogP contribution in [0.2, 0.25) is 10.0 Å². The summed E-state index contributed by atoms with van der Waals surface area (Å²) in [5, 5.41) is 3.91. The fourth-order valence-corrected chi connectivity index (χ4v) is 3.31. The molecule has 110 valence electrons. The van der Waals surface area contributed by atoms with E-state index in [-0.39, 0.29) is 5.91 Å². The van der Waals surface area contributed by atoms with Crippen molar-refractivity contribution in [3.8, 4) is 0 Å². The maximum atomic E-state index is 12.0. The zero-order chi connectivity index (χ0) is 14.4. The number of nitrogens with one attached hydrogen (secondary N) is 1. The monoisotopic (exact) mass is 313 g/mol. The highest BCUT2D eigenvalue weighted by molar-refractivity contribution is 6.36. The molecular formula is C16H21Cl2NO. The van der Waals surface area contributed by atoms with Crippen LogP contribution in [0.3, 0.4) is 0 Å². The van der Waals surface area contributed by atoms with Crippen LogP contribution in [0.5, 0.6) is 0 Å². The average Bonchev–Trinajstić information content (AvgIpc) is 2.67. The average molecular weight is 314 g/mol. The first kappa shape index (κ1) is 15.7. The van der Waals surface area contributed by atoms with Crippen LogP contribution in [0.15, 0.2) is 18.2 Å². The lowest BCUT2D eigenvalue weighted by Crippen LogP contribution is -2.26. The molecule has 1 amide bonds. The third-order valence-electron chi connectivity index (χ3n) is 3.99. The minimum absolute atomic E-state index is 0.111. The SMILES string of the molecule is O=C(NCCC1CCCCCC1)c1ccc(Cl)cc1Cl. The van der Waals surface area contributed by atoms with E-state index in [1.807, 2.05) is 0 Å². The first-order valence-electron chi connectivity index (χ1n) is 7.40. The normalized spacial score (nSPS) is 16.7. The van der Waals surface area contributed by atoms with Crippen LogP contribution in [-0.2, 0) is 0 Å². The Hall–Kier alpha value is -0.730. The van der Waals surface area contributed by atoms with E-state index >= 15 is 0 Å². The van der Waals surface area contributed by atoms with Crippen molar-refractivity contribution in [1.29, 1.82) is 0 Å². The second-order valence-corrected chi connectivity index (χ2v) is 6.37. The van der Waals surface area contributed by atoms with Gasteiger partial charge in [-0.1, -0.05) is 61.7 Å². The summed E-state index contributed by atoms with van der Waals surface area (Å²) in [4.78, 5) is 12.0. The Morgan fingerprint density at radius 3 is 2.50 bits per heavy atom. The van der Waals surface area contributed by atoms with Crippen LogP contribution in [0.25, 0.3) is 0 Å². The molecule has 0 spiro atoms. The van der Waals surface area contributed by atoms with E-state index in [1.165, 1.54) is 38.5 Å². The summed E-state index contributed by atoms with van der Waals surface area (Å²) in [7, 11) is 0. The molecule has 0 bridgehead atoms. The van der Waals surface area contributed by atoms with E-state index in [0.717, 1.165) is 18.9 Å². The second-order valence-electron chi connectivity index (χ2n) is 5.53. The number of amides is 1. The molecule has 1 N–H and O–H groups in total. The third-order valence-corrected chi connectivity index (χ3v) is 4.54. The second kappa shape index (κ2) is 7.90. The van der Waals surface area contributed by atoms with Crippen LogP contribution >= 0.6 is 23.2 Å². The largest absolute Gasteiger partial charge is 0.352 e. The van der Waals surface area contributed by atoms with Gasteiger partial charge in [0.05, 0.1) is 10.6 Å². The number of carbonyl (C=O) groups excluding carboxylic acids is 1. The summed E-state index contributed by atoms with van der Waals surface area (Å²) in [5.74, 6) is 0.652. The molecule has 1 aliphatic carbocycles. The van der Waals surface area contributed by atoms with Crippen LogP contribution in [0.1, 0.15) is 55.3 Å². The molecule has 20 heavy (non-hydrogen) atoms. The third kappa shape index (κ3) is 4.68. The van der Waals surface area contributed by atoms with E-state index < -0.39 is 0 Å². The molecule has 1 aromatic rings. The lowest BCUT2D eigenvalue weighted by atomic mass is 9.97. The molecular weight excluding hydrogens is 293 g/mol. The van der Waals surface area contributed by atoms with Crippen molar-refractivity contribution in [2.24, 2.45) is 5.92 Å². The van der Waals surface area contributed by atoms with Crippen molar-refractivity contribution in [2.45, 2.75) is 44.9 Å². The smallest absolute Gasteiger partial charge is 0.252 e. The standard InChI is InChI=1S/C16H21Cl2NO/c17-13-7-8-14(15(18)11-13)16(20)19-10-9-12-5-3-1-2-4-6-12/h7-8,11-12H,1-6,9-10H2,(H,19,20). The van der Waals surface area contributed by atoms with Crippen molar-refractivity contribution in [3.05, 3.63) is 33.8 Å². The molecule has 1 aromatic carbocycles. The Bertz CT molecular complexity index is 454. The first-order valence-corrected chi connectivity index (χ1v) is 8.15. The summed E-state index contributed by atoms with van der Waals surface area (Å²) >= 11 is 11.9. The molecule has 1 saturated carbocycles. The van der Waals surface area contributed by atoms with Gasteiger partial charge >= 0.3 is 0 Å². The van der Waals surface area contributed by atoms with Crippen LogP contribution in [0, 0.1) is 5.92 Å². The van der Waals surface area contributed by atoms with Gasteiger partial charge in [0.25, 0.3) is 5.91 Å². The Balaban J connectivity index is 1.79. The highest BCUT2D eigenvalue weighted by Crippen LogP contribution is 2.25. The Morgan fingerprint density at radius 1 is 1.15 bits per heavy atom. The Labute approximate surface area is 130 Å². The van der Waals surface area contributed by atoms with Crippen molar-refractivity contribution >= 4 is 29.1 Å². The van der Waals surface area contributed by atoms with E-state index in [0.29, 0.717) is 15.6 Å². The summed E-state index contributed by atoms with van der Waals surface area (Å²) in [6.07, 6.45) is 9.07. The van der Waals surface area contributed by atoms with Gasteiger partial charge in [-0.15, -0.1) is 0 Å². The van der Waals surface area contributed by atoms with Crippen LogP contribution < -0.4 is 5.32 Å². The van der Waals surface area contributed by atoms with Crippen molar-refractivity contribution in [2.75, 3.05) is 6.54 Å². The van der Waals surface area contributed by atoms with E-state index in [4.69, 9.17) is 23.2 Å². The Kier molecular flexibility index (Phi) is 6.18. The minimum atomic E-state index is -0.111. The first-order chi connectivity index (χ1) is 9.66. The number of hydrogen-bond donors (Lipinski definition) is 1. The Morgan fingerprint density at radius 2 is 1.85 bits per heavy atom. The molecule has 0 radical (unpaired) electrons. The lowest BCUT2D eigenvalue weighted by molar-refractivity contribution is 0.0951. The highest BCUT2D eigenvalue weighted by Gasteiger charge is 2.14. The predicted octanol–water partition coefficient (Wildman–Crippen LogP) is 5.08. The van der Waals surface area contributed by atoms with Gasteiger partial charge in [0.2, 0.25) is 0 Å².